The average Bonchev–Trinajstić information content (AvgIpc) is 1.84. The van der Waals surface area contributed by atoms with Crippen LogP contribution in [-0.2, 0) is 0 Å². The van der Waals surface area contributed by atoms with E-state index in [9.17, 15) is 10.2 Å². The molecule has 60 valence electrons. The lowest BCUT2D eigenvalue weighted by Crippen LogP contribution is -2.67. The summed E-state index contributed by atoms with van der Waals surface area (Å²) < 4.78 is 0. The predicted octanol–water partition coefficient (Wildman–Crippen LogP) is 0.774. The summed E-state index contributed by atoms with van der Waals surface area (Å²) in [5.41, 5.74) is -0.293. The zero-order valence-electron chi connectivity index (χ0n) is 7.05. The number of aliphatic hydroxyl groups excluding tert-OH is 2. The van der Waals surface area contributed by atoms with Gasteiger partial charge in [-0.15, -0.1) is 0 Å². The van der Waals surface area contributed by atoms with Crippen LogP contribution in [0.2, 0.25) is 0 Å². The first-order chi connectivity index (χ1) is 4.32. The summed E-state index contributed by atoms with van der Waals surface area (Å²) in [6.45, 7) is 7.91. The maximum atomic E-state index is 9.33. The van der Waals surface area contributed by atoms with E-state index in [1.54, 1.807) is 0 Å². The Hall–Kier alpha value is -0.0800. The van der Waals surface area contributed by atoms with Crippen molar-refractivity contribution in [2.24, 2.45) is 10.8 Å². The van der Waals surface area contributed by atoms with Gasteiger partial charge in [-0.25, -0.2) is 0 Å². The zero-order valence-corrected chi connectivity index (χ0v) is 7.05. The van der Waals surface area contributed by atoms with Crippen LogP contribution in [0.1, 0.15) is 27.7 Å². The fourth-order valence-corrected chi connectivity index (χ4v) is 1.46. The minimum Gasteiger partial charge on any atom is -0.390 e. The summed E-state index contributed by atoms with van der Waals surface area (Å²) in [5.74, 6) is 0. The molecule has 0 aromatic heterocycles. The van der Waals surface area contributed by atoms with Crippen molar-refractivity contribution in [3.63, 3.8) is 0 Å². The van der Waals surface area contributed by atoms with E-state index >= 15 is 0 Å². The van der Waals surface area contributed by atoms with Gasteiger partial charge in [0.05, 0.1) is 12.2 Å². The van der Waals surface area contributed by atoms with Crippen molar-refractivity contribution in [2.75, 3.05) is 0 Å². The third kappa shape index (κ3) is 0.611. The van der Waals surface area contributed by atoms with Gasteiger partial charge in [0.25, 0.3) is 0 Å². The predicted molar refractivity (Wildman–Crippen MR) is 39.6 cm³/mol. The van der Waals surface area contributed by atoms with Crippen LogP contribution in [0.15, 0.2) is 0 Å². The number of rotatable bonds is 0. The van der Waals surface area contributed by atoms with Gasteiger partial charge in [0.1, 0.15) is 0 Å². The monoisotopic (exact) mass is 144 g/mol. The minimum absolute atomic E-state index is 0.146. The SMILES string of the molecule is CC1(C)C(O)C(O)C1(C)C. The molecule has 0 bridgehead atoms. The first kappa shape index (κ1) is 8.02. The maximum absolute atomic E-state index is 9.33. The number of hydrogen-bond donors (Lipinski definition) is 2. The standard InChI is InChI=1S/C8H16O2/c1-7(2)5(9)6(10)8(7,3)4/h5-6,9-10H,1-4H3. The Kier molecular flexibility index (Phi) is 1.40. The molecule has 0 saturated heterocycles. The fourth-order valence-electron chi connectivity index (χ4n) is 1.46. The second-order valence-corrected chi connectivity index (χ2v) is 4.33. The van der Waals surface area contributed by atoms with E-state index in [1.165, 1.54) is 0 Å². The van der Waals surface area contributed by atoms with Crippen LogP contribution < -0.4 is 0 Å². The molecule has 0 aromatic carbocycles. The molecule has 2 unspecified atom stereocenters. The summed E-state index contributed by atoms with van der Waals surface area (Å²) >= 11 is 0. The minimum atomic E-state index is -0.553. The molecule has 2 heteroatoms. The summed E-state index contributed by atoms with van der Waals surface area (Å²) in [6.07, 6.45) is -1.11. The quantitative estimate of drug-likeness (QED) is 0.527. The van der Waals surface area contributed by atoms with Crippen molar-refractivity contribution < 1.29 is 10.2 Å². The van der Waals surface area contributed by atoms with E-state index in [1.807, 2.05) is 27.7 Å². The zero-order chi connectivity index (χ0) is 8.15. The van der Waals surface area contributed by atoms with Gasteiger partial charge in [0.15, 0.2) is 0 Å². The van der Waals surface area contributed by atoms with Crippen molar-refractivity contribution in [3.8, 4) is 0 Å². The summed E-state index contributed by atoms with van der Waals surface area (Å²) in [6, 6.07) is 0. The smallest absolute Gasteiger partial charge is 0.0861 e. The van der Waals surface area contributed by atoms with Crippen molar-refractivity contribution in [1.29, 1.82) is 0 Å². The Bertz CT molecular complexity index is 131. The summed E-state index contributed by atoms with van der Waals surface area (Å²) in [5, 5.41) is 18.7. The molecule has 2 N–H and O–H groups in total. The second kappa shape index (κ2) is 1.74. The largest absolute Gasteiger partial charge is 0.390 e. The van der Waals surface area contributed by atoms with E-state index < -0.39 is 12.2 Å². The Labute approximate surface area is 61.9 Å². The number of aliphatic hydroxyl groups is 2. The molecule has 0 heterocycles. The maximum Gasteiger partial charge on any atom is 0.0861 e. The van der Waals surface area contributed by atoms with Gasteiger partial charge in [-0.2, -0.15) is 0 Å². The van der Waals surface area contributed by atoms with Crippen LogP contribution in [0.4, 0.5) is 0 Å². The molecule has 0 aromatic rings. The van der Waals surface area contributed by atoms with Crippen LogP contribution in [0.25, 0.3) is 0 Å². The van der Waals surface area contributed by atoms with Crippen LogP contribution in [0, 0.1) is 10.8 Å². The third-order valence-corrected chi connectivity index (χ3v) is 3.44. The Morgan fingerprint density at radius 1 is 0.800 bits per heavy atom. The van der Waals surface area contributed by atoms with Gasteiger partial charge in [-0.05, 0) is 0 Å². The van der Waals surface area contributed by atoms with Gasteiger partial charge in [0, 0.05) is 10.8 Å². The molecule has 1 aliphatic rings. The summed E-state index contributed by atoms with van der Waals surface area (Å²) in [7, 11) is 0. The molecule has 0 spiro atoms. The van der Waals surface area contributed by atoms with Crippen molar-refractivity contribution in [1.82, 2.24) is 0 Å². The first-order valence-electron chi connectivity index (χ1n) is 3.68. The van der Waals surface area contributed by atoms with E-state index in [2.05, 4.69) is 0 Å². The normalized spacial score (nSPS) is 42.6. The van der Waals surface area contributed by atoms with Gasteiger partial charge in [-0.1, -0.05) is 27.7 Å². The second-order valence-electron chi connectivity index (χ2n) is 4.33. The van der Waals surface area contributed by atoms with Crippen molar-refractivity contribution in [2.45, 2.75) is 39.9 Å². The highest BCUT2D eigenvalue weighted by atomic mass is 16.3. The van der Waals surface area contributed by atoms with Gasteiger partial charge in [-0.3, -0.25) is 0 Å². The highest BCUT2D eigenvalue weighted by Crippen LogP contribution is 2.55. The number of hydrogen-bond acceptors (Lipinski definition) is 2. The molecule has 0 radical (unpaired) electrons. The molecule has 2 atom stereocenters. The van der Waals surface area contributed by atoms with Crippen LogP contribution in [0.3, 0.4) is 0 Å². The molecule has 0 aliphatic heterocycles. The van der Waals surface area contributed by atoms with Crippen LogP contribution in [-0.4, -0.2) is 22.4 Å². The topological polar surface area (TPSA) is 40.5 Å². The molecule has 1 fully saturated rings. The summed E-state index contributed by atoms with van der Waals surface area (Å²) in [4.78, 5) is 0. The highest BCUT2D eigenvalue weighted by molar-refractivity contribution is 5.10. The highest BCUT2D eigenvalue weighted by Gasteiger charge is 2.61. The van der Waals surface area contributed by atoms with Gasteiger partial charge >= 0.3 is 0 Å². The molecule has 0 amide bonds. The van der Waals surface area contributed by atoms with Crippen LogP contribution >= 0.6 is 0 Å². The molecule has 1 aliphatic carbocycles. The molecule has 10 heavy (non-hydrogen) atoms. The lowest BCUT2D eigenvalue weighted by molar-refractivity contribution is -0.247. The van der Waals surface area contributed by atoms with Crippen molar-refractivity contribution >= 4 is 0 Å². The molecule has 1 rings (SSSR count). The van der Waals surface area contributed by atoms with Gasteiger partial charge in [0.2, 0.25) is 0 Å². The van der Waals surface area contributed by atoms with E-state index in [4.69, 9.17) is 0 Å². The molecule has 1 saturated carbocycles. The lowest BCUT2D eigenvalue weighted by Gasteiger charge is -2.60. The average molecular weight is 144 g/mol. The Morgan fingerprint density at radius 2 is 1.00 bits per heavy atom. The van der Waals surface area contributed by atoms with Crippen LogP contribution in [0.5, 0.6) is 0 Å². The fraction of sp³-hybridized carbons (Fsp3) is 1.00. The molecular formula is C8H16O2. The lowest BCUT2D eigenvalue weighted by atomic mass is 9.49. The first-order valence-corrected chi connectivity index (χ1v) is 3.68. The van der Waals surface area contributed by atoms with Gasteiger partial charge < -0.3 is 10.2 Å². The van der Waals surface area contributed by atoms with E-state index in [0.29, 0.717) is 0 Å². The Balaban J connectivity index is 2.82. The van der Waals surface area contributed by atoms with E-state index in [-0.39, 0.29) is 10.8 Å². The Morgan fingerprint density at radius 3 is 1.10 bits per heavy atom. The third-order valence-electron chi connectivity index (χ3n) is 3.44. The van der Waals surface area contributed by atoms with E-state index in [0.717, 1.165) is 0 Å². The molecule has 2 nitrogen and oxygen atoms in total. The van der Waals surface area contributed by atoms with Crippen molar-refractivity contribution in [3.05, 3.63) is 0 Å². The molecular weight excluding hydrogens is 128 g/mol.